The first kappa shape index (κ1) is 15.2. The molecule has 2 saturated carbocycles. The molecule has 21 heavy (non-hydrogen) atoms. The van der Waals surface area contributed by atoms with Gasteiger partial charge in [0.15, 0.2) is 0 Å². The normalized spacial score (nSPS) is 28.0. The number of halogens is 1. The van der Waals surface area contributed by atoms with Gasteiger partial charge in [-0.2, -0.15) is 0 Å². The number of ether oxygens (including phenoxy) is 1. The van der Waals surface area contributed by atoms with Gasteiger partial charge in [-0.05, 0) is 49.9 Å². The molecule has 0 radical (unpaired) electrons. The lowest BCUT2D eigenvalue weighted by molar-refractivity contribution is -0.163. The number of benzene rings is 1. The zero-order valence-electron chi connectivity index (χ0n) is 13.0. The monoisotopic (exact) mass is 308 g/mol. The summed E-state index contributed by atoms with van der Waals surface area (Å²) in [6.07, 6.45) is 7.96. The van der Waals surface area contributed by atoms with Crippen LogP contribution in [0.25, 0.3) is 0 Å². The second-order valence-corrected chi connectivity index (χ2v) is 7.31. The van der Waals surface area contributed by atoms with E-state index in [1.165, 1.54) is 25.7 Å². The molecule has 0 saturated heterocycles. The minimum Gasteiger partial charge on any atom is -0.489 e. The Morgan fingerprint density at radius 1 is 1.10 bits per heavy atom. The smallest absolute Gasteiger partial charge is 0.125 e. The maximum absolute atomic E-state index is 10.4. The van der Waals surface area contributed by atoms with Gasteiger partial charge in [0.25, 0.3) is 0 Å². The second-order valence-electron chi connectivity index (χ2n) is 6.87. The summed E-state index contributed by atoms with van der Waals surface area (Å²) in [5.41, 5.74) is 2.17. The minimum absolute atomic E-state index is 0.00494. The first-order valence-electron chi connectivity index (χ1n) is 8.14. The summed E-state index contributed by atoms with van der Waals surface area (Å²) in [4.78, 5) is 0. The summed E-state index contributed by atoms with van der Waals surface area (Å²) in [5, 5.41) is 11.1. The number of aliphatic hydroxyl groups is 1. The van der Waals surface area contributed by atoms with E-state index < -0.39 is 0 Å². The van der Waals surface area contributed by atoms with E-state index in [-0.39, 0.29) is 17.6 Å². The van der Waals surface area contributed by atoms with Gasteiger partial charge in [-0.15, -0.1) is 0 Å². The summed E-state index contributed by atoms with van der Waals surface area (Å²) < 4.78 is 6.37. The third-order valence-electron chi connectivity index (χ3n) is 5.46. The molecule has 2 unspecified atom stereocenters. The highest BCUT2D eigenvalue weighted by Gasteiger charge is 2.55. The van der Waals surface area contributed by atoms with Gasteiger partial charge in [-0.1, -0.05) is 37.3 Å². The lowest BCUT2D eigenvalue weighted by Gasteiger charge is -2.53. The van der Waals surface area contributed by atoms with Gasteiger partial charge in [0, 0.05) is 16.9 Å². The van der Waals surface area contributed by atoms with E-state index in [2.05, 4.69) is 0 Å². The topological polar surface area (TPSA) is 29.5 Å². The van der Waals surface area contributed by atoms with E-state index in [1.54, 1.807) is 0 Å². The molecule has 2 aliphatic carbocycles. The van der Waals surface area contributed by atoms with E-state index in [1.807, 2.05) is 26.0 Å². The Bertz CT molecular complexity index is 495. The van der Waals surface area contributed by atoms with Crippen molar-refractivity contribution in [2.24, 2.45) is 5.41 Å². The Morgan fingerprint density at radius 3 is 2.19 bits per heavy atom. The zero-order chi connectivity index (χ0) is 15.0. The van der Waals surface area contributed by atoms with Crippen molar-refractivity contribution in [2.75, 3.05) is 0 Å². The molecule has 0 aromatic heterocycles. The van der Waals surface area contributed by atoms with Crippen molar-refractivity contribution in [3.63, 3.8) is 0 Å². The Morgan fingerprint density at radius 2 is 1.67 bits per heavy atom. The summed E-state index contributed by atoms with van der Waals surface area (Å²) in [5.74, 6) is 0.958. The average Bonchev–Trinajstić information content (AvgIpc) is 2.69. The Kier molecular flexibility index (Phi) is 4.20. The van der Waals surface area contributed by atoms with Crippen LogP contribution < -0.4 is 4.74 Å². The van der Waals surface area contributed by atoms with Gasteiger partial charge in [-0.25, -0.2) is 0 Å². The SMILES string of the molecule is Cc1cc(Cl)cc(C)c1OC1CC(O)C12CCCCCC2. The van der Waals surface area contributed by atoms with Crippen LogP contribution in [0.1, 0.15) is 56.1 Å². The van der Waals surface area contributed by atoms with Crippen LogP contribution >= 0.6 is 11.6 Å². The first-order valence-corrected chi connectivity index (χ1v) is 8.52. The van der Waals surface area contributed by atoms with Gasteiger partial charge in [0.1, 0.15) is 11.9 Å². The molecule has 3 heteroatoms. The molecule has 0 amide bonds. The van der Waals surface area contributed by atoms with Crippen LogP contribution in [0.3, 0.4) is 0 Å². The van der Waals surface area contributed by atoms with Crippen LogP contribution in [-0.2, 0) is 0 Å². The third-order valence-corrected chi connectivity index (χ3v) is 5.68. The van der Waals surface area contributed by atoms with E-state index in [4.69, 9.17) is 16.3 Å². The Balaban J connectivity index is 1.82. The maximum Gasteiger partial charge on any atom is 0.125 e. The Labute approximate surface area is 132 Å². The molecule has 3 rings (SSSR count). The largest absolute Gasteiger partial charge is 0.489 e. The summed E-state index contributed by atoms with van der Waals surface area (Å²) in [7, 11) is 0. The molecule has 1 spiro atoms. The van der Waals surface area contributed by atoms with Crippen LogP contribution in [0.4, 0.5) is 0 Å². The van der Waals surface area contributed by atoms with Crippen molar-refractivity contribution in [2.45, 2.75) is 71.0 Å². The van der Waals surface area contributed by atoms with Gasteiger partial charge in [-0.3, -0.25) is 0 Å². The molecule has 2 aliphatic rings. The molecular formula is C18H25ClO2. The van der Waals surface area contributed by atoms with E-state index in [9.17, 15) is 5.11 Å². The van der Waals surface area contributed by atoms with E-state index >= 15 is 0 Å². The summed E-state index contributed by atoms with van der Waals surface area (Å²) >= 11 is 6.10. The predicted molar refractivity (Wildman–Crippen MR) is 86.1 cm³/mol. The number of hydrogen-bond donors (Lipinski definition) is 1. The lowest BCUT2D eigenvalue weighted by Crippen LogP contribution is -2.59. The van der Waals surface area contributed by atoms with Crippen LogP contribution in [-0.4, -0.2) is 17.3 Å². The lowest BCUT2D eigenvalue weighted by atomic mass is 9.59. The minimum atomic E-state index is -0.187. The molecule has 2 atom stereocenters. The van der Waals surface area contributed by atoms with Crippen molar-refractivity contribution >= 4 is 11.6 Å². The highest BCUT2D eigenvalue weighted by molar-refractivity contribution is 6.30. The molecule has 0 heterocycles. The first-order chi connectivity index (χ1) is 10.0. The fourth-order valence-electron chi connectivity index (χ4n) is 4.16. The molecule has 116 valence electrons. The van der Waals surface area contributed by atoms with Gasteiger partial charge in [0.05, 0.1) is 6.10 Å². The van der Waals surface area contributed by atoms with E-state index in [0.29, 0.717) is 0 Å². The molecule has 0 aliphatic heterocycles. The van der Waals surface area contributed by atoms with Crippen molar-refractivity contribution < 1.29 is 9.84 Å². The fourth-order valence-corrected chi connectivity index (χ4v) is 4.49. The van der Waals surface area contributed by atoms with Crippen molar-refractivity contribution in [1.82, 2.24) is 0 Å². The van der Waals surface area contributed by atoms with Gasteiger partial charge < -0.3 is 9.84 Å². The number of hydrogen-bond acceptors (Lipinski definition) is 2. The highest BCUT2D eigenvalue weighted by atomic mass is 35.5. The molecule has 1 aromatic rings. The molecule has 2 nitrogen and oxygen atoms in total. The summed E-state index contributed by atoms with van der Waals surface area (Å²) in [6.45, 7) is 4.09. The highest BCUT2D eigenvalue weighted by Crippen LogP contribution is 2.52. The van der Waals surface area contributed by atoms with Gasteiger partial charge >= 0.3 is 0 Å². The van der Waals surface area contributed by atoms with E-state index in [0.717, 1.165) is 41.2 Å². The molecular weight excluding hydrogens is 284 g/mol. The average molecular weight is 309 g/mol. The molecule has 0 bridgehead atoms. The number of aliphatic hydroxyl groups excluding tert-OH is 1. The van der Waals surface area contributed by atoms with Crippen LogP contribution in [0.5, 0.6) is 5.75 Å². The molecule has 2 fully saturated rings. The standard InChI is InChI=1S/C18H25ClO2/c1-12-9-14(19)10-13(2)17(12)21-16-11-15(20)18(16)7-5-3-4-6-8-18/h9-10,15-16,20H,3-8,11H2,1-2H3. The summed E-state index contributed by atoms with van der Waals surface area (Å²) in [6, 6.07) is 3.91. The zero-order valence-corrected chi connectivity index (χ0v) is 13.7. The molecule has 1 aromatic carbocycles. The number of aryl methyl sites for hydroxylation is 2. The Hall–Kier alpha value is -0.730. The number of rotatable bonds is 2. The van der Waals surface area contributed by atoms with Crippen LogP contribution in [0.2, 0.25) is 5.02 Å². The van der Waals surface area contributed by atoms with Crippen molar-refractivity contribution in [1.29, 1.82) is 0 Å². The van der Waals surface area contributed by atoms with Crippen LogP contribution in [0.15, 0.2) is 12.1 Å². The predicted octanol–water partition coefficient (Wildman–Crippen LogP) is 4.81. The van der Waals surface area contributed by atoms with Crippen molar-refractivity contribution in [3.8, 4) is 5.75 Å². The maximum atomic E-state index is 10.4. The third kappa shape index (κ3) is 2.68. The van der Waals surface area contributed by atoms with Gasteiger partial charge in [0.2, 0.25) is 0 Å². The quantitative estimate of drug-likeness (QED) is 0.849. The second kappa shape index (κ2) is 5.81. The van der Waals surface area contributed by atoms with Crippen LogP contribution in [0, 0.1) is 19.3 Å². The fraction of sp³-hybridized carbons (Fsp3) is 0.667. The van der Waals surface area contributed by atoms with Crippen molar-refractivity contribution in [3.05, 3.63) is 28.3 Å². The molecule has 1 N–H and O–H groups in total.